The number of para-hydroxylation sites is 2. The number of fused-ring (bicyclic) bond motifs is 1. The summed E-state index contributed by atoms with van der Waals surface area (Å²) in [6, 6.07) is 12.1. The highest BCUT2D eigenvalue weighted by atomic mass is 32.1. The molecule has 0 aliphatic carbocycles. The first-order valence-electron chi connectivity index (χ1n) is 7.21. The number of hydrogen-bond acceptors (Lipinski definition) is 6. The monoisotopic (exact) mass is 322 g/mol. The van der Waals surface area contributed by atoms with Crippen LogP contribution < -0.4 is 5.32 Å². The van der Waals surface area contributed by atoms with Crippen molar-refractivity contribution in [2.24, 2.45) is 0 Å². The van der Waals surface area contributed by atoms with Crippen LogP contribution in [0.15, 0.2) is 48.8 Å². The van der Waals surface area contributed by atoms with E-state index in [4.69, 9.17) is 4.98 Å². The molecule has 4 aromatic rings. The molecule has 0 spiro atoms. The molecule has 3 heterocycles. The maximum Gasteiger partial charge on any atom is 0.171 e. The van der Waals surface area contributed by atoms with Crippen LogP contribution in [0.4, 0.5) is 5.82 Å². The molecule has 23 heavy (non-hydrogen) atoms. The predicted octanol–water partition coefficient (Wildman–Crippen LogP) is 3.04. The molecule has 3 aromatic heterocycles. The molecular weight excluding hydrogens is 308 g/mol. The van der Waals surface area contributed by atoms with Crippen molar-refractivity contribution in [1.82, 2.24) is 23.3 Å². The molecule has 7 heteroatoms. The summed E-state index contributed by atoms with van der Waals surface area (Å²) in [4.78, 5) is 8.97. The van der Waals surface area contributed by atoms with Gasteiger partial charge in [0, 0.05) is 19.4 Å². The van der Waals surface area contributed by atoms with Crippen LogP contribution in [0, 0.1) is 0 Å². The first-order valence-corrected chi connectivity index (χ1v) is 7.94. The highest BCUT2D eigenvalue weighted by molar-refractivity contribution is 6.99. The fourth-order valence-corrected chi connectivity index (χ4v) is 3.14. The van der Waals surface area contributed by atoms with Crippen LogP contribution in [0.3, 0.4) is 0 Å². The van der Waals surface area contributed by atoms with Gasteiger partial charge in [-0.15, -0.1) is 0 Å². The van der Waals surface area contributed by atoms with Crippen LogP contribution in [0.2, 0.25) is 0 Å². The van der Waals surface area contributed by atoms with Gasteiger partial charge in [0.2, 0.25) is 0 Å². The van der Waals surface area contributed by atoms with Crippen LogP contribution in [-0.4, -0.2) is 30.3 Å². The topological polar surface area (TPSA) is 68.5 Å². The van der Waals surface area contributed by atoms with E-state index in [-0.39, 0.29) is 0 Å². The molecule has 0 unspecified atom stereocenters. The summed E-state index contributed by atoms with van der Waals surface area (Å²) in [6.07, 6.45) is 3.65. The molecule has 114 valence electrons. The van der Waals surface area contributed by atoms with Gasteiger partial charge in [0.1, 0.15) is 0 Å². The Labute approximate surface area is 137 Å². The van der Waals surface area contributed by atoms with Gasteiger partial charge in [-0.05, 0) is 23.8 Å². The first kappa shape index (κ1) is 13.8. The van der Waals surface area contributed by atoms with Crippen LogP contribution in [0.5, 0.6) is 0 Å². The third-order valence-corrected chi connectivity index (χ3v) is 4.18. The van der Waals surface area contributed by atoms with Crippen molar-refractivity contribution in [3.05, 3.63) is 54.4 Å². The number of aromatic nitrogens is 5. The highest BCUT2D eigenvalue weighted by Crippen LogP contribution is 2.29. The number of anilines is 1. The van der Waals surface area contributed by atoms with Crippen molar-refractivity contribution in [1.29, 1.82) is 0 Å². The molecule has 6 nitrogen and oxygen atoms in total. The van der Waals surface area contributed by atoms with Gasteiger partial charge in [0.25, 0.3) is 0 Å². The number of imidazole rings is 1. The number of benzene rings is 1. The SMILES string of the molecule is CNc1nsnc1-c1nc2ccccc2n1Cc1cccnc1. The van der Waals surface area contributed by atoms with Gasteiger partial charge in [0.15, 0.2) is 17.3 Å². The normalized spacial score (nSPS) is 11.0. The van der Waals surface area contributed by atoms with E-state index in [2.05, 4.69) is 35.7 Å². The molecule has 0 saturated carbocycles. The average molecular weight is 322 g/mol. The second-order valence-electron chi connectivity index (χ2n) is 5.08. The lowest BCUT2D eigenvalue weighted by atomic mass is 10.2. The fourth-order valence-electron chi connectivity index (χ4n) is 2.59. The molecular formula is C16H14N6S. The lowest BCUT2D eigenvalue weighted by molar-refractivity contribution is 0.827. The summed E-state index contributed by atoms with van der Waals surface area (Å²) in [5.74, 6) is 1.56. The third kappa shape index (κ3) is 2.44. The summed E-state index contributed by atoms with van der Waals surface area (Å²) in [5, 5.41) is 3.08. The number of nitrogens with one attached hydrogen (secondary N) is 1. The van der Waals surface area contributed by atoms with E-state index in [1.54, 1.807) is 6.20 Å². The number of pyridine rings is 1. The van der Waals surface area contributed by atoms with E-state index < -0.39 is 0 Å². The Bertz CT molecular complexity index is 944. The van der Waals surface area contributed by atoms with Crippen molar-refractivity contribution < 1.29 is 0 Å². The zero-order chi connectivity index (χ0) is 15.6. The molecule has 1 aromatic carbocycles. The van der Waals surface area contributed by atoms with Crippen LogP contribution in [0.1, 0.15) is 5.56 Å². The van der Waals surface area contributed by atoms with E-state index in [1.807, 2.05) is 37.5 Å². The Morgan fingerprint density at radius 3 is 2.87 bits per heavy atom. The lowest BCUT2D eigenvalue weighted by Crippen LogP contribution is -2.04. The van der Waals surface area contributed by atoms with Crippen LogP contribution in [0.25, 0.3) is 22.6 Å². The predicted molar refractivity (Wildman–Crippen MR) is 91.5 cm³/mol. The summed E-state index contributed by atoms with van der Waals surface area (Å²) in [7, 11) is 1.84. The van der Waals surface area contributed by atoms with Gasteiger partial charge >= 0.3 is 0 Å². The molecule has 0 atom stereocenters. The minimum atomic E-state index is 0.685. The second-order valence-corrected chi connectivity index (χ2v) is 5.61. The van der Waals surface area contributed by atoms with Crippen molar-refractivity contribution >= 4 is 28.6 Å². The fraction of sp³-hybridized carbons (Fsp3) is 0.125. The summed E-state index contributed by atoms with van der Waals surface area (Å²) < 4.78 is 10.9. The van der Waals surface area contributed by atoms with Gasteiger partial charge in [-0.25, -0.2) is 4.98 Å². The minimum Gasteiger partial charge on any atom is -0.370 e. The largest absolute Gasteiger partial charge is 0.370 e. The van der Waals surface area contributed by atoms with Crippen LogP contribution in [-0.2, 0) is 6.54 Å². The number of rotatable bonds is 4. The van der Waals surface area contributed by atoms with E-state index in [0.717, 1.165) is 33.9 Å². The molecule has 0 aliphatic heterocycles. The van der Waals surface area contributed by atoms with E-state index >= 15 is 0 Å². The Morgan fingerprint density at radius 2 is 2.04 bits per heavy atom. The quantitative estimate of drug-likeness (QED) is 0.625. The summed E-state index contributed by atoms with van der Waals surface area (Å²) in [5.41, 5.74) is 3.91. The molecule has 0 bridgehead atoms. The number of nitrogens with zero attached hydrogens (tertiary/aromatic N) is 5. The third-order valence-electron chi connectivity index (χ3n) is 3.66. The Kier molecular flexibility index (Phi) is 3.47. The number of hydrogen-bond donors (Lipinski definition) is 1. The zero-order valence-electron chi connectivity index (χ0n) is 12.5. The molecule has 0 saturated heterocycles. The van der Waals surface area contributed by atoms with E-state index in [9.17, 15) is 0 Å². The van der Waals surface area contributed by atoms with Gasteiger partial charge in [-0.2, -0.15) is 8.75 Å². The van der Waals surface area contributed by atoms with Crippen LogP contribution >= 0.6 is 11.7 Å². The van der Waals surface area contributed by atoms with Gasteiger partial charge in [-0.3, -0.25) is 4.98 Å². The van der Waals surface area contributed by atoms with Crippen molar-refractivity contribution in [2.45, 2.75) is 6.54 Å². The summed E-state index contributed by atoms with van der Waals surface area (Å²) >= 11 is 1.18. The smallest absolute Gasteiger partial charge is 0.171 e. The van der Waals surface area contributed by atoms with E-state index in [0.29, 0.717) is 6.54 Å². The Hall–Kier alpha value is -2.80. The first-order chi connectivity index (χ1) is 11.4. The highest BCUT2D eigenvalue weighted by Gasteiger charge is 2.18. The van der Waals surface area contributed by atoms with Crippen molar-refractivity contribution in [3.63, 3.8) is 0 Å². The molecule has 0 fully saturated rings. The summed E-state index contributed by atoms with van der Waals surface area (Å²) in [6.45, 7) is 0.685. The molecule has 0 aliphatic rings. The minimum absolute atomic E-state index is 0.685. The maximum atomic E-state index is 4.77. The zero-order valence-corrected chi connectivity index (χ0v) is 13.3. The maximum absolute atomic E-state index is 4.77. The molecule has 0 amide bonds. The Balaban J connectivity index is 1.91. The lowest BCUT2D eigenvalue weighted by Gasteiger charge is -2.08. The molecule has 1 N–H and O–H groups in total. The molecule has 4 rings (SSSR count). The van der Waals surface area contributed by atoms with Gasteiger partial charge in [-0.1, -0.05) is 18.2 Å². The van der Waals surface area contributed by atoms with Crippen molar-refractivity contribution in [2.75, 3.05) is 12.4 Å². The average Bonchev–Trinajstić information content (AvgIpc) is 3.20. The van der Waals surface area contributed by atoms with E-state index in [1.165, 1.54) is 11.7 Å². The van der Waals surface area contributed by atoms with Gasteiger partial charge in [0.05, 0.1) is 29.3 Å². The van der Waals surface area contributed by atoms with Gasteiger partial charge < -0.3 is 9.88 Å². The standard InChI is InChI=1S/C16H14N6S/c1-17-15-14(20-23-21-15)16-19-12-6-2-3-7-13(12)22(16)10-11-5-4-8-18-9-11/h2-9H,10H2,1H3,(H,17,21). The molecule has 0 radical (unpaired) electrons. The van der Waals surface area contributed by atoms with Crippen molar-refractivity contribution in [3.8, 4) is 11.5 Å². The second kappa shape index (κ2) is 5.77. The Morgan fingerprint density at radius 1 is 1.13 bits per heavy atom.